The van der Waals surface area contributed by atoms with Gasteiger partial charge in [-0.1, -0.05) is 0 Å². The Labute approximate surface area is 205 Å². The Hall–Kier alpha value is -4.18. The fourth-order valence-corrected chi connectivity index (χ4v) is 3.78. The van der Waals surface area contributed by atoms with Gasteiger partial charge in [-0.05, 0) is 45.4 Å². The number of hydrogen-bond acceptors (Lipinski definition) is 6. The molecule has 0 aromatic carbocycles. The Morgan fingerprint density at radius 2 is 1.81 bits per heavy atom. The Morgan fingerprint density at radius 3 is 2.47 bits per heavy atom. The molecule has 0 saturated carbocycles. The Kier molecular flexibility index (Phi) is 6.55. The molecule has 0 atom stereocenters. The summed E-state index contributed by atoms with van der Waals surface area (Å²) in [6.45, 7) is 6.24. The van der Waals surface area contributed by atoms with Crippen molar-refractivity contribution in [2.75, 3.05) is 0 Å². The standard InChI is InChI=1S/C26H24F2N4O4/c1-15-12-30-23(31-7-5-6-19(25(31)34)26(3,4)35)11-22(15)32-16(2)8-18(10-24(32)33)36-14-21-20(28)9-17(27)13-29-21/h5-13,35H,14H2,1-4H3. The molecule has 0 aliphatic carbocycles. The number of nitrogens with zero attached hydrogens (tertiary/aromatic N) is 4. The molecule has 0 bridgehead atoms. The first kappa shape index (κ1) is 24.9. The maximum Gasteiger partial charge on any atom is 0.262 e. The van der Waals surface area contributed by atoms with Crippen LogP contribution in [0.3, 0.4) is 0 Å². The van der Waals surface area contributed by atoms with E-state index >= 15 is 0 Å². The van der Waals surface area contributed by atoms with Gasteiger partial charge in [-0.2, -0.15) is 0 Å². The van der Waals surface area contributed by atoms with E-state index in [1.54, 1.807) is 44.3 Å². The van der Waals surface area contributed by atoms with Crippen LogP contribution in [-0.4, -0.2) is 24.2 Å². The second kappa shape index (κ2) is 9.46. The molecular weight excluding hydrogens is 470 g/mol. The lowest BCUT2D eigenvalue weighted by molar-refractivity contribution is 0.0767. The Morgan fingerprint density at radius 1 is 1.06 bits per heavy atom. The third-order valence-corrected chi connectivity index (χ3v) is 5.60. The second-order valence-corrected chi connectivity index (χ2v) is 8.86. The average molecular weight is 494 g/mol. The zero-order chi connectivity index (χ0) is 26.2. The van der Waals surface area contributed by atoms with Gasteiger partial charge in [-0.3, -0.25) is 23.7 Å². The van der Waals surface area contributed by atoms with Gasteiger partial charge in [0.25, 0.3) is 11.1 Å². The van der Waals surface area contributed by atoms with Crippen LogP contribution in [0.4, 0.5) is 8.78 Å². The largest absolute Gasteiger partial charge is 0.487 e. The van der Waals surface area contributed by atoms with Crippen molar-refractivity contribution in [3.63, 3.8) is 0 Å². The Bertz CT molecular complexity index is 1570. The minimum absolute atomic E-state index is 0.0911. The zero-order valence-electron chi connectivity index (χ0n) is 20.1. The molecular formula is C26H24F2N4O4. The third kappa shape index (κ3) is 4.94. The molecule has 0 aliphatic heterocycles. The van der Waals surface area contributed by atoms with E-state index in [2.05, 4.69) is 9.97 Å². The SMILES string of the molecule is Cc1cnc(-n2cccc(C(C)(C)O)c2=O)cc1-n1c(C)cc(OCc2ncc(F)cc2F)cc1=O. The fourth-order valence-electron chi connectivity index (χ4n) is 3.78. The molecule has 8 nitrogen and oxygen atoms in total. The lowest BCUT2D eigenvalue weighted by Crippen LogP contribution is -2.31. The molecule has 0 fully saturated rings. The van der Waals surface area contributed by atoms with Crippen molar-refractivity contribution in [2.45, 2.75) is 39.9 Å². The van der Waals surface area contributed by atoms with Gasteiger partial charge in [0.1, 0.15) is 29.7 Å². The van der Waals surface area contributed by atoms with Gasteiger partial charge in [0.15, 0.2) is 5.82 Å². The molecule has 10 heteroatoms. The first-order chi connectivity index (χ1) is 17.0. The highest BCUT2D eigenvalue weighted by atomic mass is 19.1. The highest BCUT2D eigenvalue weighted by Gasteiger charge is 2.21. The molecule has 4 heterocycles. The number of halogens is 2. The second-order valence-electron chi connectivity index (χ2n) is 8.86. The maximum absolute atomic E-state index is 13.8. The van der Waals surface area contributed by atoms with Crippen LogP contribution >= 0.6 is 0 Å². The van der Waals surface area contributed by atoms with Crippen molar-refractivity contribution in [1.29, 1.82) is 0 Å². The van der Waals surface area contributed by atoms with Gasteiger partial charge < -0.3 is 9.84 Å². The van der Waals surface area contributed by atoms with E-state index < -0.39 is 28.4 Å². The lowest BCUT2D eigenvalue weighted by Gasteiger charge is -2.19. The first-order valence-electron chi connectivity index (χ1n) is 11.0. The predicted molar refractivity (Wildman–Crippen MR) is 129 cm³/mol. The molecule has 4 aromatic heterocycles. The van der Waals surface area contributed by atoms with Crippen molar-refractivity contribution in [3.05, 3.63) is 110 Å². The monoisotopic (exact) mass is 494 g/mol. The molecule has 0 aliphatic rings. The summed E-state index contributed by atoms with van der Waals surface area (Å²) in [6.07, 6.45) is 3.97. The van der Waals surface area contributed by atoms with Crippen LogP contribution in [0.5, 0.6) is 5.75 Å². The molecule has 0 spiro atoms. The summed E-state index contributed by atoms with van der Waals surface area (Å²) in [5, 5.41) is 10.3. The Balaban J connectivity index is 1.71. The topological polar surface area (TPSA) is 99.2 Å². The van der Waals surface area contributed by atoms with Gasteiger partial charge in [0.05, 0.1) is 17.5 Å². The minimum Gasteiger partial charge on any atom is -0.487 e. The van der Waals surface area contributed by atoms with Crippen LogP contribution in [0, 0.1) is 25.5 Å². The summed E-state index contributed by atoms with van der Waals surface area (Å²) in [5.74, 6) is -1.17. The highest BCUT2D eigenvalue weighted by molar-refractivity contribution is 5.47. The van der Waals surface area contributed by atoms with Gasteiger partial charge in [0, 0.05) is 47.9 Å². The molecule has 0 amide bonds. The number of hydrogen-bond donors (Lipinski definition) is 1. The van der Waals surface area contributed by atoms with Crippen LogP contribution in [0.15, 0.2) is 64.6 Å². The fraction of sp³-hybridized carbons (Fsp3) is 0.231. The van der Waals surface area contributed by atoms with Gasteiger partial charge in [-0.25, -0.2) is 13.8 Å². The number of aromatic nitrogens is 4. The normalized spacial score (nSPS) is 11.5. The van der Waals surface area contributed by atoms with Crippen LogP contribution in [0.25, 0.3) is 11.5 Å². The maximum atomic E-state index is 13.8. The minimum atomic E-state index is -1.34. The molecule has 1 N–H and O–H groups in total. The van der Waals surface area contributed by atoms with Crippen molar-refractivity contribution >= 4 is 0 Å². The zero-order valence-corrected chi connectivity index (χ0v) is 20.1. The van der Waals surface area contributed by atoms with Gasteiger partial charge in [-0.15, -0.1) is 0 Å². The molecule has 0 saturated heterocycles. The summed E-state index contributed by atoms with van der Waals surface area (Å²) < 4.78 is 35.2. The van der Waals surface area contributed by atoms with Crippen LogP contribution < -0.4 is 15.9 Å². The summed E-state index contributed by atoms with van der Waals surface area (Å²) in [6, 6.07) is 8.35. The van der Waals surface area contributed by atoms with E-state index in [1.807, 2.05) is 0 Å². The number of pyridine rings is 4. The van der Waals surface area contributed by atoms with Gasteiger partial charge >= 0.3 is 0 Å². The lowest BCUT2D eigenvalue weighted by atomic mass is 10.0. The summed E-state index contributed by atoms with van der Waals surface area (Å²) in [4.78, 5) is 34.1. The average Bonchev–Trinajstić information content (AvgIpc) is 2.79. The first-order valence-corrected chi connectivity index (χ1v) is 11.0. The van der Waals surface area contributed by atoms with Crippen LogP contribution in [-0.2, 0) is 12.2 Å². The van der Waals surface area contributed by atoms with Crippen LogP contribution in [0.1, 0.15) is 36.4 Å². The number of aliphatic hydroxyl groups is 1. The molecule has 0 unspecified atom stereocenters. The van der Waals surface area contributed by atoms with E-state index in [1.165, 1.54) is 35.2 Å². The van der Waals surface area contributed by atoms with E-state index in [4.69, 9.17) is 4.74 Å². The van der Waals surface area contributed by atoms with E-state index in [9.17, 15) is 23.5 Å². The molecule has 4 aromatic rings. The molecule has 186 valence electrons. The number of aryl methyl sites for hydroxylation is 2. The quantitative estimate of drug-likeness (QED) is 0.441. The van der Waals surface area contributed by atoms with Gasteiger partial charge in [0.2, 0.25) is 0 Å². The number of ether oxygens (including phenoxy) is 1. The highest BCUT2D eigenvalue weighted by Crippen LogP contribution is 2.21. The predicted octanol–water partition coefficient (Wildman–Crippen LogP) is 3.48. The van der Waals surface area contributed by atoms with Crippen molar-refractivity contribution in [3.8, 4) is 17.3 Å². The number of rotatable bonds is 6. The smallest absolute Gasteiger partial charge is 0.262 e. The molecule has 36 heavy (non-hydrogen) atoms. The van der Waals surface area contributed by atoms with E-state index in [-0.39, 0.29) is 29.4 Å². The van der Waals surface area contributed by atoms with Crippen molar-refractivity contribution in [1.82, 2.24) is 19.1 Å². The van der Waals surface area contributed by atoms with Crippen molar-refractivity contribution in [2.24, 2.45) is 0 Å². The summed E-state index contributed by atoms with van der Waals surface area (Å²) in [5.41, 5.74) is -0.381. The summed E-state index contributed by atoms with van der Waals surface area (Å²) >= 11 is 0. The summed E-state index contributed by atoms with van der Waals surface area (Å²) in [7, 11) is 0. The third-order valence-electron chi connectivity index (χ3n) is 5.60. The van der Waals surface area contributed by atoms with Crippen molar-refractivity contribution < 1.29 is 18.6 Å². The molecule has 0 radical (unpaired) electrons. The van der Waals surface area contributed by atoms with Crippen LogP contribution in [0.2, 0.25) is 0 Å². The molecule has 4 rings (SSSR count). The van der Waals surface area contributed by atoms with E-state index in [0.717, 1.165) is 6.20 Å². The van der Waals surface area contributed by atoms with E-state index in [0.29, 0.717) is 23.0 Å².